The van der Waals surface area contributed by atoms with Gasteiger partial charge in [-0.05, 0) is 25.5 Å². The van der Waals surface area contributed by atoms with E-state index in [0.717, 1.165) is 39.8 Å². The average Bonchev–Trinajstić information content (AvgIpc) is 3.69. The van der Waals surface area contributed by atoms with E-state index in [2.05, 4.69) is 21.0 Å². The molecule has 13 heteroatoms. The van der Waals surface area contributed by atoms with Crippen molar-refractivity contribution in [3.8, 4) is 39.4 Å². The zero-order valence-electron chi connectivity index (χ0n) is 26.9. The lowest BCUT2D eigenvalue weighted by molar-refractivity contribution is -0.119. The number of pyridine rings is 1. The van der Waals surface area contributed by atoms with Gasteiger partial charge in [0.05, 0.1) is 35.5 Å². The number of carbonyl (C=O) groups excluding carboxylic acids is 1. The molecule has 2 atom stereocenters. The van der Waals surface area contributed by atoms with Gasteiger partial charge in [-0.1, -0.05) is 65.7 Å². The SMILES string of the molecule is COc1nc(-c2cccc(-c3cccc(-c4cc5c(=O)n(C)c(CNC[C@H](C)O)nn5c4)c3Cl)c2Cl)ccc1CNC[C@@H]1CCC(=O)N1. The van der Waals surface area contributed by atoms with Crippen LogP contribution in [0.5, 0.6) is 5.88 Å². The predicted octanol–water partition coefficient (Wildman–Crippen LogP) is 4.58. The Morgan fingerprint density at radius 1 is 1.02 bits per heavy atom. The summed E-state index contributed by atoms with van der Waals surface area (Å²) in [5, 5.41) is 24.6. The first-order chi connectivity index (χ1) is 23.1. The van der Waals surface area contributed by atoms with Crippen molar-refractivity contribution in [1.29, 1.82) is 0 Å². The van der Waals surface area contributed by atoms with Crippen molar-refractivity contribution in [2.24, 2.45) is 7.05 Å². The molecule has 3 aromatic heterocycles. The number of nitrogens with one attached hydrogen (secondary N) is 3. The molecular weight excluding hydrogens is 653 g/mol. The zero-order valence-corrected chi connectivity index (χ0v) is 28.4. The number of ether oxygens (including phenoxy) is 1. The molecule has 4 N–H and O–H groups in total. The average molecular weight is 691 g/mol. The van der Waals surface area contributed by atoms with Crippen LogP contribution < -0.4 is 26.2 Å². The summed E-state index contributed by atoms with van der Waals surface area (Å²) in [6.07, 6.45) is 2.66. The molecule has 0 unspecified atom stereocenters. The minimum absolute atomic E-state index is 0.0911. The molecule has 2 aromatic carbocycles. The van der Waals surface area contributed by atoms with Crippen LogP contribution in [0.1, 0.15) is 31.2 Å². The van der Waals surface area contributed by atoms with E-state index in [1.807, 2.05) is 48.5 Å². The third kappa shape index (κ3) is 6.96. The van der Waals surface area contributed by atoms with Gasteiger partial charge in [-0.25, -0.2) is 9.50 Å². The molecule has 4 heterocycles. The first-order valence-electron chi connectivity index (χ1n) is 15.7. The Morgan fingerprint density at radius 3 is 2.42 bits per heavy atom. The van der Waals surface area contributed by atoms with Crippen LogP contribution in [-0.2, 0) is 24.9 Å². The third-order valence-electron chi connectivity index (χ3n) is 8.46. The maximum Gasteiger partial charge on any atom is 0.277 e. The van der Waals surface area contributed by atoms with Gasteiger partial charge in [-0.3, -0.25) is 14.2 Å². The normalized spacial score (nSPS) is 15.2. The number of amides is 1. The number of benzene rings is 2. The number of aliphatic hydroxyl groups excluding tert-OH is 1. The number of hydrogen-bond donors (Lipinski definition) is 4. The Kier molecular flexibility index (Phi) is 10.1. The van der Waals surface area contributed by atoms with Crippen LogP contribution in [0.2, 0.25) is 10.0 Å². The Bertz CT molecular complexity index is 2040. The fourth-order valence-corrected chi connectivity index (χ4v) is 6.57. The van der Waals surface area contributed by atoms with Crippen LogP contribution >= 0.6 is 23.2 Å². The summed E-state index contributed by atoms with van der Waals surface area (Å²) < 4.78 is 8.70. The molecule has 0 bridgehead atoms. The van der Waals surface area contributed by atoms with Crippen LogP contribution in [0.3, 0.4) is 0 Å². The molecule has 5 aromatic rings. The van der Waals surface area contributed by atoms with Gasteiger partial charge in [0.15, 0.2) is 0 Å². The first-order valence-corrected chi connectivity index (χ1v) is 16.5. The maximum atomic E-state index is 13.2. The molecule has 0 spiro atoms. The second kappa shape index (κ2) is 14.5. The molecule has 1 amide bonds. The number of hydrogen-bond acceptors (Lipinski definition) is 8. The number of nitrogens with zero attached hydrogens (tertiary/aromatic N) is 4. The highest BCUT2D eigenvalue weighted by Gasteiger charge is 2.21. The van der Waals surface area contributed by atoms with E-state index in [4.69, 9.17) is 32.9 Å². The second-order valence-electron chi connectivity index (χ2n) is 12.0. The number of methoxy groups -OCH3 is 1. The lowest BCUT2D eigenvalue weighted by atomic mass is 9.97. The number of carbonyl (C=O) groups is 1. The lowest BCUT2D eigenvalue weighted by Crippen LogP contribution is -2.35. The Labute approximate surface area is 287 Å². The monoisotopic (exact) mass is 689 g/mol. The Balaban J connectivity index is 1.28. The van der Waals surface area contributed by atoms with E-state index in [1.54, 1.807) is 37.9 Å². The van der Waals surface area contributed by atoms with Crippen molar-refractivity contribution in [3.63, 3.8) is 0 Å². The van der Waals surface area contributed by atoms with Gasteiger partial charge >= 0.3 is 0 Å². The number of rotatable bonds is 12. The summed E-state index contributed by atoms with van der Waals surface area (Å²) in [5.41, 5.74) is 5.41. The van der Waals surface area contributed by atoms with Gasteiger partial charge in [-0.2, -0.15) is 5.10 Å². The van der Waals surface area contributed by atoms with Crippen molar-refractivity contribution in [2.45, 2.75) is 45.0 Å². The van der Waals surface area contributed by atoms with Gasteiger partial charge in [-0.15, -0.1) is 0 Å². The van der Waals surface area contributed by atoms with Gasteiger partial charge in [0.2, 0.25) is 11.8 Å². The van der Waals surface area contributed by atoms with Crippen molar-refractivity contribution < 1.29 is 14.6 Å². The summed E-state index contributed by atoms with van der Waals surface area (Å²) in [5.74, 6) is 1.11. The second-order valence-corrected chi connectivity index (χ2v) is 12.7. The van der Waals surface area contributed by atoms with E-state index in [9.17, 15) is 14.7 Å². The first kappa shape index (κ1) is 33.6. The number of aliphatic hydroxyl groups is 1. The van der Waals surface area contributed by atoms with Crippen molar-refractivity contribution in [3.05, 3.63) is 92.6 Å². The predicted molar refractivity (Wildman–Crippen MR) is 187 cm³/mol. The van der Waals surface area contributed by atoms with Gasteiger partial charge in [0.1, 0.15) is 11.3 Å². The number of halogens is 2. The van der Waals surface area contributed by atoms with Crippen molar-refractivity contribution in [1.82, 2.24) is 35.1 Å². The molecule has 250 valence electrons. The highest BCUT2D eigenvalue weighted by molar-refractivity contribution is 6.39. The summed E-state index contributed by atoms with van der Waals surface area (Å²) in [6.45, 7) is 3.60. The van der Waals surface area contributed by atoms with Crippen molar-refractivity contribution >= 4 is 34.6 Å². The molecule has 1 saturated heterocycles. The molecule has 0 radical (unpaired) electrons. The molecule has 1 aliphatic heterocycles. The van der Waals surface area contributed by atoms with Crippen LogP contribution in [0, 0.1) is 0 Å². The molecule has 11 nitrogen and oxygen atoms in total. The van der Waals surface area contributed by atoms with Crippen LogP contribution in [0.15, 0.2) is 65.6 Å². The number of fused-ring (bicyclic) bond motifs is 1. The Morgan fingerprint density at radius 2 is 1.73 bits per heavy atom. The lowest BCUT2D eigenvalue weighted by Gasteiger charge is -2.15. The zero-order chi connectivity index (χ0) is 33.9. The van der Waals surface area contributed by atoms with Crippen LogP contribution in [0.25, 0.3) is 39.0 Å². The van der Waals surface area contributed by atoms with Crippen molar-refractivity contribution in [2.75, 3.05) is 20.2 Å². The summed E-state index contributed by atoms with van der Waals surface area (Å²) >= 11 is 14.1. The fraction of sp³-hybridized carbons (Fsp3) is 0.314. The molecule has 48 heavy (non-hydrogen) atoms. The topological polar surface area (TPSA) is 135 Å². The minimum atomic E-state index is -0.515. The Hall–Kier alpha value is -4.26. The third-order valence-corrected chi connectivity index (χ3v) is 9.27. The van der Waals surface area contributed by atoms with Gasteiger partial charge in [0.25, 0.3) is 5.56 Å². The fourth-order valence-electron chi connectivity index (χ4n) is 5.91. The van der Waals surface area contributed by atoms with Gasteiger partial charge < -0.3 is 25.8 Å². The molecule has 0 saturated carbocycles. The molecule has 0 aliphatic carbocycles. The quantitative estimate of drug-likeness (QED) is 0.150. The highest BCUT2D eigenvalue weighted by atomic mass is 35.5. The van der Waals surface area contributed by atoms with E-state index in [0.29, 0.717) is 65.6 Å². The summed E-state index contributed by atoms with van der Waals surface area (Å²) in [6, 6.07) is 17.2. The standard InChI is InChI=1S/C35H37Cl2N7O4/c1-20(45)15-38-18-30-42-44-19-22(14-29(44)35(47)43(30)2)24-6-4-7-25(32(24)36)26-8-5-9-27(33(26)37)28-12-10-21(34(41-28)48-3)16-39-17-23-11-13-31(46)40-23/h4-10,12,14,19-20,23,38-39,45H,11,13,15-18H2,1-3H3,(H,40,46)/t20-,23-/m0/s1. The minimum Gasteiger partial charge on any atom is -0.481 e. The largest absolute Gasteiger partial charge is 0.481 e. The van der Waals surface area contributed by atoms with Gasteiger partial charge in [0, 0.05) is 78.7 Å². The molecule has 1 fully saturated rings. The van der Waals surface area contributed by atoms with Crippen LogP contribution in [-0.4, -0.2) is 62.5 Å². The van der Waals surface area contributed by atoms with Crippen LogP contribution in [0.4, 0.5) is 0 Å². The molecule has 6 rings (SSSR count). The van der Waals surface area contributed by atoms with E-state index >= 15 is 0 Å². The molecular formula is C35H37Cl2N7O4. The highest BCUT2D eigenvalue weighted by Crippen LogP contribution is 2.42. The molecule has 1 aliphatic rings. The summed E-state index contributed by atoms with van der Waals surface area (Å²) in [4.78, 5) is 29.5. The summed E-state index contributed by atoms with van der Waals surface area (Å²) in [7, 11) is 3.26. The smallest absolute Gasteiger partial charge is 0.277 e. The van der Waals surface area contributed by atoms with E-state index < -0.39 is 6.10 Å². The number of aromatic nitrogens is 4. The van der Waals surface area contributed by atoms with E-state index in [-0.39, 0.29) is 17.5 Å². The van der Waals surface area contributed by atoms with E-state index in [1.165, 1.54) is 4.57 Å². The maximum absolute atomic E-state index is 13.2.